The first-order valence-corrected chi connectivity index (χ1v) is 11.0. The monoisotopic (exact) mass is 493 g/mol. The Morgan fingerprint density at radius 3 is 2.38 bits per heavy atom. The van der Waals surface area contributed by atoms with E-state index in [2.05, 4.69) is 17.6 Å². The van der Waals surface area contributed by atoms with Gasteiger partial charge in [-0.15, -0.1) is 24.0 Å². The van der Waals surface area contributed by atoms with Crippen LogP contribution in [0.3, 0.4) is 0 Å². The zero-order valence-corrected chi connectivity index (χ0v) is 19.0. The van der Waals surface area contributed by atoms with E-state index >= 15 is 0 Å². The Kier molecular flexibility index (Phi) is 9.92. The first kappa shape index (κ1) is 23.2. The van der Waals surface area contributed by atoms with Gasteiger partial charge < -0.3 is 10.6 Å². The third-order valence-corrected chi connectivity index (χ3v) is 6.88. The fourth-order valence-electron chi connectivity index (χ4n) is 3.10. The topological polar surface area (TPSA) is 70.6 Å². The van der Waals surface area contributed by atoms with Gasteiger partial charge in [0.1, 0.15) is 0 Å². The van der Waals surface area contributed by atoms with Crippen molar-refractivity contribution < 1.29 is 8.42 Å². The maximum absolute atomic E-state index is 12.3. The fourth-order valence-corrected chi connectivity index (χ4v) is 4.44. The van der Waals surface area contributed by atoms with E-state index in [0.29, 0.717) is 23.3 Å². The average Bonchev–Trinajstić information content (AvgIpc) is 2.58. The molecule has 0 aromatic heterocycles. The molecule has 1 aliphatic carbocycles. The first-order chi connectivity index (χ1) is 12.0. The third kappa shape index (κ3) is 6.72. The van der Waals surface area contributed by atoms with Gasteiger partial charge in [-0.2, -0.15) is 0 Å². The van der Waals surface area contributed by atoms with E-state index in [0.717, 1.165) is 19.0 Å². The Bertz CT molecular complexity index is 653. The Morgan fingerprint density at radius 1 is 1.15 bits per heavy atom. The molecule has 0 aliphatic heterocycles. The molecule has 7 heteroatoms. The lowest BCUT2D eigenvalue weighted by Crippen LogP contribution is -2.40. The van der Waals surface area contributed by atoms with Crippen LogP contribution in [-0.2, 0) is 9.84 Å². The normalized spacial score (nSPS) is 16.3. The van der Waals surface area contributed by atoms with E-state index in [-0.39, 0.29) is 29.7 Å². The molecule has 5 nitrogen and oxygen atoms in total. The minimum Gasteiger partial charge on any atom is -0.357 e. The Hall–Kier alpha value is -0.830. The Balaban J connectivity index is 0.00000338. The number of sulfone groups is 1. The third-order valence-electron chi connectivity index (χ3n) is 5.07. The SMILES string of the molecule is CCNC(=NCC1(CC)CCC1)NCCCS(=O)(=O)c1ccccc1.I. The largest absolute Gasteiger partial charge is 0.357 e. The van der Waals surface area contributed by atoms with Gasteiger partial charge in [0.05, 0.1) is 10.6 Å². The second kappa shape index (κ2) is 11.1. The molecule has 1 aromatic rings. The average molecular weight is 493 g/mol. The highest BCUT2D eigenvalue weighted by Gasteiger charge is 2.34. The van der Waals surface area contributed by atoms with Gasteiger partial charge in [0, 0.05) is 19.6 Å². The van der Waals surface area contributed by atoms with Gasteiger partial charge in [0.25, 0.3) is 0 Å². The van der Waals surface area contributed by atoms with E-state index in [1.54, 1.807) is 24.3 Å². The summed E-state index contributed by atoms with van der Waals surface area (Å²) in [6, 6.07) is 8.63. The van der Waals surface area contributed by atoms with Crippen LogP contribution in [0.15, 0.2) is 40.2 Å². The number of rotatable bonds is 9. The van der Waals surface area contributed by atoms with Gasteiger partial charge in [-0.05, 0) is 50.2 Å². The van der Waals surface area contributed by atoms with Crippen LogP contribution in [-0.4, -0.2) is 39.8 Å². The van der Waals surface area contributed by atoms with Gasteiger partial charge >= 0.3 is 0 Å². The van der Waals surface area contributed by atoms with Crippen molar-refractivity contribution in [1.29, 1.82) is 0 Å². The van der Waals surface area contributed by atoms with Crippen LogP contribution in [0, 0.1) is 5.41 Å². The highest BCUT2D eigenvalue weighted by atomic mass is 127. The number of benzene rings is 1. The van der Waals surface area contributed by atoms with Crippen LogP contribution >= 0.6 is 24.0 Å². The molecule has 148 valence electrons. The van der Waals surface area contributed by atoms with Crippen molar-refractivity contribution in [3.63, 3.8) is 0 Å². The van der Waals surface area contributed by atoms with Crippen molar-refractivity contribution in [2.75, 3.05) is 25.4 Å². The molecule has 26 heavy (non-hydrogen) atoms. The van der Waals surface area contributed by atoms with Gasteiger partial charge in [0.15, 0.2) is 15.8 Å². The van der Waals surface area contributed by atoms with Crippen molar-refractivity contribution in [1.82, 2.24) is 10.6 Å². The molecule has 0 radical (unpaired) electrons. The van der Waals surface area contributed by atoms with E-state index in [4.69, 9.17) is 4.99 Å². The number of nitrogens with one attached hydrogen (secondary N) is 2. The molecule has 0 unspecified atom stereocenters. The summed E-state index contributed by atoms with van der Waals surface area (Å²) in [5, 5.41) is 6.51. The second-order valence-electron chi connectivity index (χ2n) is 6.81. The summed E-state index contributed by atoms with van der Waals surface area (Å²) in [6.45, 7) is 6.52. The molecule has 0 bridgehead atoms. The summed E-state index contributed by atoms with van der Waals surface area (Å²) in [7, 11) is -3.21. The molecule has 1 aliphatic rings. The van der Waals surface area contributed by atoms with Crippen molar-refractivity contribution in [2.45, 2.75) is 50.8 Å². The molecule has 0 atom stereocenters. The summed E-state index contributed by atoms with van der Waals surface area (Å²) < 4.78 is 24.5. The maximum Gasteiger partial charge on any atom is 0.191 e. The number of halogens is 1. The van der Waals surface area contributed by atoms with Gasteiger partial charge in [-0.1, -0.05) is 31.5 Å². The molecule has 0 heterocycles. The van der Waals surface area contributed by atoms with Crippen molar-refractivity contribution in [3.05, 3.63) is 30.3 Å². The summed E-state index contributed by atoms with van der Waals surface area (Å²) in [6.07, 6.45) is 5.57. The van der Waals surface area contributed by atoms with Crippen LogP contribution < -0.4 is 10.6 Å². The molecule has 0 saturated heterocycles. The number of hydrogen-bond donors (Lipinski definition) is 2. The molecule has 0 spiro atoms. The van der Waals surface area contributed by atoms with E-state index in [9.17, 15) is 8.42 Å². The maximum atomic E-state index is 12.3. The van der Waals surface area contributed by atoms with Gasteiger partial charge in [-0.3, -0.25) is 4.99 Å². The number of aliphatic imine (C=N–C) groups is 1. The number of hydrogen-bond acceptors (Lipinski definition) is 3. The lowest BCUT2D eigenvalue weighted by atomic mass is 9.67. The highest BCUT2D eigenvalue weighted by Crippen LogP contribution is 2.43. The fraction of sp³-hybridized carbons (Fsp3) is 0.632. The molecule has 2 rings (SSSR count). The molecular weight excluding hydrogens is 461 g/mol. The predicted molar refractivity (Wildman–Crippen MR) is 119 cm³/mol. The smallest absolute Gasteiger partial charge is 0.191 e. The van der Waals surface area contributed by atoms with E-state index in [1.807, 2.05) is 13.0 Å². The summed E-state index contributed by atoms with van der Waals surface area (Å²) >= 11 is 0. The summed E-state index contributed by atoms with van der Waals surface area (Å²) in [5.41, 5.74) is 0.388. The van der Waals surface area contributed by atoms with Crippen LogP contribution in [0.25, 0.3) is 0 Å². The van der Waals surface area contributed by atoms with Crippen LogP contribution in [0.5, 0.6) is 0 Å². The van der Waals surface area contributed by atoms with E-state index < -0.39 is 9.84 Å². The lowest BCUT2D eigenvalue weighted by molar-refractivity contribution is 0.139. The molecule has 0 amide bonds. The van der Waals surface area contributed by atoms with Gasteiger partial charge in [0.2, 0.25) is 0 Å². The Morgan fingerprint density at radius 2 is 1.85 bits per heavy atom. The lowest BCUT2D eigenvalue weighted by Gasteiger charge is -2.40. The second-order valence-corrected chi connectivity index (χ2v) is 8.92. The summed E-state index contributed by atoms with van der Waals surface area (Å²) in [5.74, 6) is 0.932. The van der Waals surface area contributed by atoms with Crippen molar-refractivity contribution in [3.8, 4) is 0 Å². The van der Waals surface area contributed by atoms with Crippen molar-refractivity contribution in [2.24, 2.45) is 10.4 Å². The van der Waals surface area contributed by atoms with Gasteiger partial charge in [-0.25, -0.2) is 8.42 Å². The molecule has 1 aromatic carbocycles. The predicted octanol–water partition coefficient (Wildman–Crippen LogP) is 3.60. The highest BCUT2D eigenvalue weighted by molar-refractivity contribution is 14.0. The standard InChI is InChI=1S/C19H31N3O2S.HI/c1-3-19(12-8-13-19)16-22-18(20-4-2)21-14-9-15-25(23,24)17-10-6-5-7-11-17;/h5-7,10-11H,3-4,8-9,12-16H2,1-2H3,(H2,20,21,22);1H. The minimum atomic E-state index is -3.21. The summed E-state index contributed by atoms with van der Waals surface area (Å²) in [4.78, 5) is 5.11. The minimum absolute atomic E-state index is 0. The number of guanidine groups is 1. The van der Waals surface area contributed by atoms with Crippen molar-refractivity contribution >= 4 is 39.8 Å². The molecule has 1 saturated carbocycles. The molecular formula is C19H32IN3O2S. The van der Waals surface area contributed by atoms with E-state index in [1.165, 1.54) is 25.7 Å². The van der Waals surface area contributed by atoms with Crippen LogP contribution in [0.2, 0.25) is 0 Å². The molecule has 1 fully saturated rings. The Labute approximate surface area is 175 Å². The van der Waals surface area contributed by atoms with Crippen LogP contribution in [0.1, 0.15) is 46.0 Å². The quantitative estimate of drug-likeness (QED) is 0.239. The first-order valence-electron chi connectivity index (χ1n) is 9.31. The van der Waals surface area contributed by atoms with Crippen LogP contribution in [0.4, 0.5) is 0 Å². The zero-order chi connectivity index (χ0) is 18.2. The molecule has 2 N–H and O–H groups in total. The number of nitrogens with zero attached hydrogens (tertiary/aromatic N) is 1. The zero-order valence-electron chi connectivity index (χ0n) is 15.8.